The SMILES string of the molecule is N[C@H]1CC[C@H](CN(CCCc2ccccc2)C(=O)[C@@H]2CCCN2)CC1. The lowest BCUT2D eigenvalue weighted by atomic mass is 9.86. The Morgan fingerprint density at radius 1 is 1.12 bits per heavy atom. The molecule has 3 N–H and O–H groups in total. The van der Waals surface area contributed by atoms with E-state index in [2.05, 4.69) is 40.5 Å². The molecule has 1 aromatic rings. The first-order valence-electron chi connectivity index (χ1n) is 10.0. The van der Waals surface area contributed by atoms with Gasteiger partial charge >= 0.3 is 0 Å². The van der Waals surface area contributed by atoms with Crippen LogP contribution in [0.3, 0.4) is 0 Å². The molecule has 1 amide bonds. The lowest BCUT2D eigenvalue weighted by molar-refractivity contribution is -0.134. The molecule has 1 aliphatic carbocycles. The molecule has 0 spiro atoms. The van der Waals surface area contributed by atoms with Crippen LogP contribution in [0.2, 0.25) is 0 Å². The molecule has 4 nitrogen and oxygen atoms in total. The normalized spacial score (nSPS) is 26.5. The summed E-state index contributed by atoms with van der Waals surface area (Å²) in [6.45, 7) is 2.76. The first kappa shape index (κ1) is 18.4. The van der Waals surface area contributed by atoms with Crippen LogP contribution in [0, 0.1) is 5.92 Å². The maximum absolute atomic E-state index is 13.0. The second kappa shape index (κ2) is 9.35. The van der Waals surface area contributed by atoms with E-state index in [4.69, 9.17) is 5.73 Å². The fraction of sp³-hybridized carbons (Fsp3) is 0.667. The fourth-order valence-electron chi connectivity index (χ4n) is 4.21. The third-order valence-electron chi connectivity index (χ3n) is 5.78. The summed E-state index contributed by atoms with van der Waals surface area (Å²) in [4.78, 5) is 15.1. The summed E-state index contributed by atoms with van der Waals surface area (Å²) < 4.78 is 0. The van der Waals surface area contributed by atoms with Crippen molar-refractivity contribution in [1.29, 1.82) is 0 Å². The number of rotatable bonds is 7. The molecule has 0 bridgehead atoms. The molecular formula is C21H33N3O. The summed E-state index contributed by atoms with van der Waals surface area (Å²) in [5.41, 5.74) is 7.40. The number of hydrogen-bond donors (Lipinski definition) is 2. The Labute approximate surface area is 152 Å². The van der Waals surface area contributed by atoms with Gasteiger partial charge in [-0.1, -0.05) is 30.3 Å². The summed E-state index contributed by atoms with van der Waals surface area (Å²) in [6.07, 6.45) is 8.74. The second-order valence-electron chi connectivity index (χ2n) is 7.80. The standard InChI is InChI=1S/C21H33N3O/c22-19-12-10-18(11-13-19)16-24(21(25)20-9-4-14-23-20)15-5-8-17-6-2-1-3-7-17/h1-3,6-7,18-20,23H,4-5,8-16,22H2/t18-,19-,20-/m0/s1. The maximum Gasteiger partial charge on any atom is 0.239 e. The van der Waals surface area contributed by atoms with Gasteiger partial charge in [0.05, 0.1) is 6.04 Å². The first-order chi connectivity index (χ1) is 12.2. The third-order valence-corrected chi connectivity index (χ3v) is 5.78. The molecule has 4 heteroatoms. The Hall–Kier alpha value is -1.39. The second-order valence-corrected chi connectivity index (χ2v) is 7.80. The zero-order chi connectivity index (χ0) is 17.5. The van der Waals surface area contributed by atoms with Crippen molar-refractivity contribution in [2.45, 2.75) is 63.5 Å². The van der Waals surface area contributed by atoms with Crippen molar-refractivity contribution in [2.24, 2.45) is 11.7 Å². The molecule has 3 rings (SSSR count). The summed E-state index contributed by atoms with van der Waals surface area (Å²) in [7, 11) is 0. The summed E-state index contributed by atoms with van der Waals surface area (Å²) in [5, 5.41) is 3.38. The van der Waals surface area contributed by atoms with Gasteiger partial charge in [0.1, 0.15) is 0 Å². The average molecular weight is 344 g/mol. The highest BCUT2D eigenvalue weighted by atomic mass is 16.2. The molecule has 25 heavy (non-hydrogen) atoms. The molecule has 0 radical (unpaired) electrons. The van der Waals surface area contributed by atoms with Gasteiger partial charge in [0.2, 0.25) is 5.91 Å². The minimum Gasteiger partial charge on any atom is -0.341 e. The minimum absolute atomic E-state index is 0.0440. The monoisotopic (exact) mass is 343 g/mol. The molecule has 1 saturated heterocycles. The van der Waals surface area contributed by atoms with Crippen molar-refractivity contribution >= 4 is 5.91 Å². The summed E-state index contributed by atoms with van der Waals surface area (Å²) in [5.74, 6) is 0.947. The molecule has 138 valence electrons. The highest BCUT2D eigenvalue weighted by molar-refractivity contribution is 5.82. The maximum atomic E-state index is 13.0. The van der Waals surface area contributed by atoms with E-state index in [9.17, 15) is 4.79 Å². The zero-order valence-corrected chi connectivity index (χ0v) is 15.3. The molecular weight excluding hydrogens is 310 g/mol. The van der Waals surface area contributed by atoms with Gasteiger partial charge < -0.3 is 16.0 Å². The molecule has 1 aliphatic heterocycles. The number of carbonyl (C=O) groups excluding carboxylic acids is 1. The number of nitrogens with one attached hydrogen (secondary N) is 1. The van der Waals surface area contributed by atoms with E-state index in [1.54, 1.807) is 0 Å². The van der Waals surface area contributed by atoms with Gasteiger partial charge in [0, 0.05) is 19.1 Å². The molecule has 1 atom stereocenters. The minimum atomic E-state index is 0.0440. The Morgan fingerprint density at radius 2 is 1.88 bits per heavy atom. The largest absolute Gasteiger partial charge is 0.341 e. The van der Waals surface area contributed by atoms with Gasteiger partial charge in [-0.3, -0.25) is 4.79 Å². The first-order valence-corrected chi connectivity index (χ1v) is 10.0. The molecule has 0 unspecified atom stereocenters. The fourth-order valence-corrected chi connectivity index (χ4v) is 4.21. The molecule has 2 fully saturated rings. The number of nitrogens with zero attached hydrogens (tertiary/aromatic N) is 1. The van der Waals surface area contributed by atoms with Crippen LogP contribution in [0.25, 0.3) is 0 Å². The quantitative estimate of drug-likeness (QED) is 0.800. The van der Waals surface area contributed by atoms with Crippen LogP contribution in [-0.4, -0.2) is 42.5 Å². The average Bonchev–Trinajstić information content (AvgIpc) is 3.17. The van der Waals surface area contributed by atoms with Crippen molar-refractivity contribution < 1.29 is 4.79 Å². The highest BCUT2D eigenvalue weighted by Gasteiger charge is 2.29. The molecule has 1 saturated carbocycles. The van der Waals surface area contributed by atoms with E-state index < -0.39 is 0 Å². The number of carbonyl (C=O) groups is 1. The number of nitrogens with two attached hydrogens (primary N) is 1. The van der Waals surface area contributed by atoms with E-state index in [-0.39, 0.29) is 6.04 Å². The number of benzene rings is 1. The van der Waals surface area contributed by atoms with Gasteiger partial charge in [-0.2, -0.15) is 0 Å². The summed E-state index contributed by atoms with van der Waals surface area (Å²) >= 11 is 0. The van der Waals surface area contributed by atoms with E-state index in [1.807, 2.05) is 0 Å². The van der Waals surface area contributed by atoms with Gasteiger partial charge in [-0.25, -0.2) is 0 Å². The van der Waals surface area contributed by atoms with E-state index in [1.165, 1.54) is 18.4 Å². The summed E-state index contributed by atoms with van der Waals surface area (Å²) in [6, 6.07) is 11.0. The van der Waals surface area contributed by atoms with Gasteiger partial charge in [0.25, 0.3) is 0 Å². The van der Waals surface area contributed by atoms with Crippen LogP contribution in [0.4, 0.5) is 0 Å². The van der Waals surface area contributed by atoms with Crippen LogP contribution in [-0.2, 0) is 11.2 Å². The Balaban J connectivity index is 1.54. The van der Waals surface area contributed by atoms with Crippen LogP contribution in [0.1, 0.15) is 50.5 Å². The third kappa shape index (κ3) is 5.55. The van der Waals surface area contributed by atoms with Gasteiger partial charge in [-0.15, -0.1) is 0 Å². The number of amides is 1. The van der Waals surface area contributed by atoms with Gasteiger partial charge in [-0.05, 0) is 69.4 Å². The van der Waals surface area contributed by atoms with Crippen molar-refractivity contribution in [3.05, 3.63) is 35.9 Å². The lowest BCUT2D eigenvalue weighted by Gasteiger charge is -2.33. The van der Waals surface area contributed by atoms with Crippen molar-refractivity contribution in [2.75, 3.05) is 19.6 Å². The molecule has 0 aromatic heterocycles. The van der Waals surface area contributed by atoms with Crippen molar-refractivity contribution in [3.63, 3.8) is 0 Å². The van der Waals surface area contributed by atoms with E-state index in [0.717, 1.165) is 58.2 Å². The lowest BCUT2D eigenvalue weighted by Crippen LogP contribution is -2.46. The Kier molecular flexibility index (Phi) is 6.88. The Morgan fingerprint density at radius 3 is 2.56 bits per heavy atom. The molecule has 2 aliphatic rings. The van der Waals surface area contributed by atoms with E-state index >= 15 is 0 Å². The highest BCUT2D eigenvalue weighted by Crippen LogP contribution is 2.25. The molecule has 1 heterocycles. The molecule has 1 aromatic carbocycles. The van der Waals surface area contributed by atoms with Crippen molar-refractivity contribution in [3.8, 4) is 0 Å². The van der Waals surface area contributed by atoms with Gasteiger partial charge in [0.15, 0.2) is 0 Å². The van der Waals surface area contributed by atoms with Crippen LogP contribution < -0.4 is 11.1 Å². The Bertz CT molecular complexity index is 519. The van der Waals surface area contributed by atoms with Crippen LogP contribution in [0.15, 0.2) is 30.3 Å². The number of aryl methyl sites for hydroxylation is 1. The predicted molar refractivity (Wildman–Crippen MR) is 102 cm³/mol. The van der Waals surface area contributed by atoms with Crippen LogP contribution >= 0.6 is 0 Å². The smallest absolute Gasteiger partial charge is 0.239 e. The van der Waals surface area contributed by atoms with Crippen molar-refractivity contribution in [1.82, 2.24) is 10.2 Å². The van der Waals surface area contributed by atoms with Crippen LogP contribution in [0.5, 0.6) is 0 Å². The predicted octanol–water partition coefficient (Wildman–Crippen LogP) is 2.72. The topological polar surface area (TPSA) is 58.4 Å². The van der Waals surface area contributed by atoms with E-state index in [0.29, 0.717) is 17.9 Å². The number of hydrogen-bond acceptors (Lipinski definition) is 3. The zero-order valence-electron chi connectivity index (χ0n) is 15.3.